The lowest BCUT2D eigenvalue weighted by molar-refractivity contribution is 0.0743. The van der Waals surface area contributed by atoms with Crippen molar-refractivity contribution < 1.29 is 9.53 Å². The molecule has 0 saturated heterocycles. The highest BCUT2D eigenvalue weighted by atomic mass is 32.1. The number of carbonyl (C=O) groups is 1. The van der Waals surface area contributed by atoms with Crippen LogP contribution >= 0.6 is 11.3 Å². The van der Waals surface area contributed by atoms with Crippen molar-refractivity contribution in [2.45, 2.75) is 25.7 Å². The zero-order chi connectivity index (χ0) is 19.7. The van der Waals surface area contributed by atoms with E-state index in [0.717, 1.165) is 34.7 Å². The Morgan fingerprint density at radius 2 is 2.21 bits per heavy atom. The second-order valence-electron chi connectivity index (χ2n) is 7.03. The van der Waals surface area contributed by atoms with Crippen LogP contribution in [0.4, 0.5) is 0 Å². The average molecular weight is 398 g/mol. The van der Waals surface area contributed by atoms with Crippen LogP contribution in [0.1, 0.15) is 40.4 Å². The van der Waals surface area contributed by atoms with Crippen molar-refractivity contribution in [1.82, 2.24) is 24.6 Å². The standard InChI is InChI=1S/C20H23N5O2S/c1-13-11-21-20(23-17(13)16-5-4-10-28-16)25-18(14-6-7-14)15(12-22-25)19(26)24(2)8-9-27-3/h4-5,10-12,14H,6-9H2,1-3H3. The maximum absolute atomic E-state index is 12.9. The number of hydrogen-bond acceptors (Lipinski definition) is 6. The van der Waals surface area contributed by atoms with E-state index in [2.05, 4.69) is 10.1 Å². The molecule has 0 bridgehead atoms. The van der Waals surface area contributed by atoms with Crippen LogP contribution in [0.15, 0.2) is 29.9 Å². The van der Waals surface area contributed by atoms with E-state index in [1.807, 2.05) is 30.6 Å². The second kappa shape index (κ2) is 7.81. The summed E-state index contributed by atoms with van der Waals surface area (Å²) in [5.41, 5.74) is 3.46. The summed E-state index contributed by atoms with van der Waals surface area (Å²) in [6.07, 6.45) is 5.57. The highest BCUT2D eigenvalue weighted by Crippen LogP contribution is 2.42. The topological polar surface area (TPSA) is 73.1 Å². The molecule has 3 heterocycles. The zero-order valence-electron chi connectivity index (χ0n) is 16.3. The predicted molar refractivity (Wildman–Crippen MR) is 108 cm³/mol. The van der Waals surface area contributed by atoms with Gasteiger partial charge in [-0.3, -0.25) is 4.79 Å². The largest absolute Gasteiger partial charge is 0.383 e. The number of carbonyl (C=O) groups excluding carboxylic acids is 1. The number of amides is 1. The molecule has 3 aromatic heterocycles. The fraction of sp³-hybridized carbons (Fsp3) is 0.400. The minimum atomic E-state index is -0.0456. The van der Waals surface area contributed by atoms with Gasteiger partial charge in [0.25, 0.3) is 11.9 Å². The number of rotatable bonds is 7. The Morgan fingerprint density at radius 1 is 1.39 bits per heavy atom. The molecule has 0 radical (unpaired) electrons. The molecule has 0 spiro atoms. The maximum atomic E-state index is 12.9. The number of ether oxygens (including phenoxy) is 1. The monoisotopic (exact) mass is 397 g/mol. The molecule has 4 rings (SSSR count). The molecule has 1 saturated carbocycles. The molecular weight excluding hydrogens is 374 g/mol. The number of thiophene rings is 1. The SMILES string of the molecule is COCCN(C)C(=O)c1cnn(-c2ncc(C)c(-c3cccs3)n2)c1C1CC1. The minimum absolute atomic E-state index is 0.0456. The minimum Gasteiger partial charge on any atom is -0.383 e. The normalized spacial score (nSPS) is 13.7. The Hall–Kier alpha value is -2.58. The van der Waals surface area contributed by atoms with Crippen molar-refractivity contribution in [3.63, 3.8) is 0 Å². The van der Waals surface area contributed by atoms with Gasteiger partial charge in [-0.1, -0.05) is 6.07 Å². The quantitative estimate of drug-likeness (QED) is 0.612. The fourth-order valence-corrected chi connectivity index (χ4v) is 3.94. The lowest BCUT2D eigenvalue weighted by atomic mass is 10.1. The number of aromatic nitrogens is 4. The molecule has 0 unspecified atom stereocenters. The number of methoxy groups -OCH3 is 1. The van der Waals surface area contributed by atoms with Gasteiger partial charge in [0.05, 0.1) is 34.6 Å². The van der Waals surface area contributed by atoms with E-state index >= 15 is 0 Å². The van der Waals surface area contributed by atoms with Gasteiger partial charge in [0.2, 0.25) is 0 Å². The van der Waals surface area contributed by atoms with E-state index in [1.54, 1.807) is 41.3 Å². The molecule has 1 aliphatic rings. The molecule has 0 aliphatic heterocycles. The van der Waals surface area contributed by atoms with Crippen LogP contribution in [0.5, 0.6) is 0 Å². The molecule has 7 nitrogen and oxygen atoms in total. The Balaban J connectivity index is 1.73. The van der Waals surface area contributed by atoms with Gasteiger partial charge in [0, 0.05) is 32.8 Å². The molecule has 1 aliphatic carbocycles. The van der Waals surface area contributed by atoms with Gasteiger partial charge in [-0.2, -0.15) is 5.10 Å². The molecule has 0 aromatic carbocycles. The summed E-state index contributed by atoms with van der Waals surface area (Å²) in [6.45, 7) is 3.04. The van der Waals surface area contributed by atoms with Crippen LogP contribution < -0.4 is 0 Å². The molecule has 0 atom stereocenters. The third-order valence-corrected chi connectivity index (χ3v) is 5.76. The van der Waals surface area contributed by atoms with E-state index in [-0.39, 0.29) is 5.91 Å². The summed E-state index contributed by atoms with van der Waals surface area (Å²) < 4.78 is 6.83. The predicted octanol–water partition coefficient (Wildman–Crippen LogP) is 3.30. The summed E-state index contributed by atoms with van der Waals surface area (Å²) in [6, 6.07) is 4.06. The van der Waals surface area contributed by atoms with Gasteiger partial charge in [-0.05, 0) is 36.8 Å². The summed E-state index contributed by atoms with van der Waals surface area (Å²) in [4.78, 5) is 25.0. The Morgan fingerprint density at radius 3 is 2.89 bits per heavy atom. The molecule has 28 heavy (non-hydrogen) atoms. The Kier molecular flexibility index (Phi) is 5.23. The van der Waals surface area contributed by atoms with Gasteiger partial charge in [-0.15, -0.1) is 11.3 Å². The van der Waals surface area contributed by atoms with Crippen molar-refractivity contribution in [2.24, 2.45) is 0 Å². The first-order valence-electron chi connectivity index (χ1n) is 9.30. The van der Waals surface area contributed by atoms with Crippen LogP contribution in [-0.2, 0) is 4.74 Å². The van der Waals surface area contributed by atoms with E-state index in [4.69, 9.17) is 9.72 Å². The van der Waals surface area contributed by atoms with Gasteiger partial charge >= 0.3 is 0 Å². The fourth-order valence-electron chi connectivity index (χ4n) is 3.16. The number of aryl methyl sites for hydroxylation is 1. The van der Waals surface area contributed by atoms with E-state index in [0.29, 0.717) is 30.6 Å². The summed E-state index contributed by atoms with van der Waals surface area (Å²) in [5.74, 6) is 0.789. The third kappa shape index (κ3) is 3.57. The van der Waals surface area contributed by atoms with E-state index < -0.39 is 0 Å². The lowest BCUT2D eigenvalue weighted by Gasteiger charge is -2.17. The molecule has 0 N–H and O–H groups in total. The first-order valence-corrected chi connectivity index (χ1v) is 10.2. The van der Waals surface area contributed by atoms with Crippen molar-refractivity contribution >= 4 is 17.2 Å². The van der Waals surface area contributed by atoms with Gasteiger partial charge in [0.15, 0.2) is 0 Å². The zero-order valence-corrected chi connectivity index (χ0v) is 17.1. The Bertz CT molecular complexity index is 979. The summed E-state index contributed by atoms with van der Waals surface area (Å²) in [5, 5.41) is 6.53. The average Bonchev–Trinajstić information content (AvgIpc) is 3.21. The van der Waals surface area contributed by atoms with Crippen molar-refractivity contribution in [1.29, 1.82) is 0 Å². The van der Waals surface area contributed by atoms with Crippen LogP contribution in [-0.4, -0.2) is 57.9 Å². The highest BCUT2D eigenvalue weighted by molar-refractivity contribution is 7.13. The van der Waals surface area contributed by atoms with Crippen LogP contribution in [0.3, 0.4) is 0 Å². The molecule has 146 valence electrons. The van der Waals surface area contributed by atoms with Gasteiger partial charge in [0.1, 0.15) is 0 Å². The first kappa shape index (κ1) is 18.8. The molecule has 8 heteroatoms. The first-order chi connectivity index (χ1) is 13.6. The van der Waals surface area contributed by atoms with Crippen LogP contribution in [0.2, 0.25) is 0 Å². The molecular formula is C20H23N5O2S. The van der Waals surface area contributed by atoms with Gasteiger partial charge in [-0.25, -0.2) is 14.6 Å². The smallest absolute Gasteiger partial charge is 0.257 e. The van der Waals surface area contributed by atoms with Crippen molar-refractivity contribution in [3.8, 4) is 16.5 Å². The highest BCUT2D eigenvalue weighted by Gasteiger charge is 2.34. The van der Waals surface area contributed by atoms with Gasteiger partial charge < -0.3 is 9.64 Å². The van der Waals surface area contributed by atoms with Crippen LogP contribution in [0.25, 0.3) is 16.5 Å². The molecule has 1 fully saturated rings. The number of hydrogen-bond donors (Lipinski definition) is 0. The molecule has 3 aromatic rings. The summed E-state index contributed by atoms with van der Waals surface area (Å²) in [7, 11) is 3.42. The summed E-state index contributed by atoms with van der Waals surface area (Å²) >= 11 is 1.65. The van der Waals surface area contributed by atoms with Crippen molar-refractivity contribution in [3.05, 3.63) is 46.7 Å². The van der Waals surface area contributed by atoms with Crippen LogP contribution in [0, 0.1) is 6.92 Å². The lowest BCUT2D eigenvalue weighted by Crippen LogP contribution is -2.30. The Labute approximate surface area is 168 Å². The third-order valence-electron chi connectivity index (χ3n) is 4.88. The van der Waals surface area contributed by atoms with E-state index in [9.17, 15) is 4.79 Å². The maximum Gasteiger partial charge on any atom is 0.257 e. The molecule has 1 amide bonds. The van der Waals surface area contributed by atoms with Crippen molar-refractivity contribution in [2.75, 3.05) is 27.3 Å². The number of likely N-dealkylation sites (N-methyl/N-ethyl adjacent to an activating group) is 1. The second-order valence-corrected chi connectivity index (χ2v) is 7.98. The van der Waals surface area contributed by atoms with E-state index in [1.165, 1.54) is 0 Å². The number of nitrogens with zero attached hydrogens (tertiary/aromatic N) is 5.